The van der Waals surface area contributed by atoms with E-state index >= 15 is 8.78 Å². The Morgan fingerprint density at radius 1 is 0.902 bits per heavy atom. The Morgan fingerprint density at radius 3 is 2.37 bits per heavy atom. The molecule has 3 fully saturated rings. The highest BCUT2D eigenvalue weighted by atomic mass is 19.1. The molecule has 5 aromatic heterocycles. The number of carbonyl (C=O) groups is 4. The van der Waals surface area contributed by atoms with Gasteiger partial charge < -0.3 is 40.8 Å². The van der Waals surface area contributed by atoms with Crippen LogP contribution in [-0.4, -0.2) is 152 Å². The van der Waals surface area contributed by atoms with Crippen molar-refractivity contribution in [1.29, 1.82) is 0 Å². The summed E-state index contributed by atoms with van der Waals surface area (Å²) in [6.07, 6.45) is 12.4. The minimum absolute atomic E-state index is 0.0475. The number of halogens is 2. The normalized spacial score (nSPS) is 15.6. The van der Waals surface area contributed by atoms with Crippen molar-refractivity contribution in [3.63, 3.8) is 0 Å². The zero-order valence-electron chi connectivity index (χ0n) is 46.4. The van der Waals surface area contributed by atoms with Gasteiger partial charge >= 0.3 is 0 Å². The van der Waals surface area contributed by atoms with Crippen molar-refractivity contribution in [1.82, 2.24) is 54.3 Å². The minimum atomic E-state index is -0.658. The summed E-state index contributed by atoms with van der Waals surface area (Å²) in [6.45, 7) is 11.5. The van der Waals surface area contributed by atoms with Crippen LogP contribution in [0.3, 0.4) is 0 Å². The number of aryl methyl sites for hydroxylation is 1. The average molecular weight is 1110 g/mol. The van der Waals surface area contributed by atoms with Crippen LogP contribution in [0, 0.1) is 36.3 Å². The second kappa shape index (κ2) is 25.2. The Morgan fingerprint density at radius 2 is 1.67 bits per heavy atom. The second-order valence-electron chi connectivity index (χ2n) is 21.1. The smallest absolute Gasteiger partial charge is 0.254 e. The van der Waals surface area contributed by atoms with Gasteiger partial charge in [-0.2, -0.15) is 5.10 Å². The predicted octanol–water partition coefficient (Wildman–Crippen LogP) is 7.07. The number of imidazole rings is 1. The number of anilines is 4. The van der Waals surface area contributed by atoms with E-state index in [1.165, 1.54) is 17.0 Å². The van der Waals surface area contributed by atoms with Crippen molar-refractivity contribution >= 4 is 58.6 Å². The Balaban J connectivity index is 0.653. The Bertz CT molecular complexity index is 3530. The van der Waals surface area contributed by atoms with Gasteiger partial charge in [-0.15, -0.1) is 0 Å². The SMILES string of the molecule is C=C(NC)C(CCC=O)N(C)C(=O)c1cccc(NCc2cnn(C3CCN(C(=O)C4CCN(c5ccc(C#CCN6CCN(c7c(F)cc(-n8c(C)nc9ccc(-c%10ccnc(N)c%10)nc98)cc7F)CC6)cn5)CC4)CC3)c2)c1C=O. The zero-order valence-corrected chi connectivity index (χ0v) is 46.4. The molecule has 2 aromatic carbocycles. The van der Waals surface area contributed by atoms with Crippen LogP contribution < -0.4 is 26.2 Å². The lowest BCUT2D eigenvalue weighted by molar-refractivity contribution is -0.137. The van der Waals surface area contributed by atoms with Crippen LogP contribution >= 0.6 is 0 Å². The number of nitrogen functional groups attached to an aromatic ring is 1. The van der Waals surface area contributed by atoms with Crippen LogP contribution in [0.5, 0.6) is 0 Å². The number of likely N-dealkylation sites (N-methyl/N-ethyl adjacent to an activating group) is 2. The van der Waals surface area contributed by atoms with Gasteiger partial charge in [-0.3, -0.25) is 28.5 Å². The molecule has 2 amide bonds. The van der Waals surface area contributed by atoms with E-state index in [4.69, 9.17) is 15.7 Å². The first-order chi connectivity index (χ1) is 39.8. The largest absolute Gasteiger partial charge is 0.390 e. The Labute approximate surface area is 475 Å². The lowest BCUT2D eigenvalue weighted by Crippen LogP contribution is -2.47. The van der Waals surface area contributed by atoms with Gasteiger partial charge in [0.15, 0.2) is 23.6 Å². The summed E-state index contributed by atoms with van der Waals surface area (Å²) in [7, 11) is 3.35. The van der Waals surface area contributed by atoms with Gasteiger partial charge in [0.05, 0.1) is 47.3 Å². The number of amides is 2. The van der Waals surface area contributed by atoms with Crippen molar-refractivity contribution in [2.75, 3.05) is 93.8 Å². The molecule has 0 spiro atoms. The van der Waals surface area contributed by atoms with E-state index in [2.05, 4.69) is 53.9 Å². The molecule has 82 heavy (non-hydrogen) atoms. The first kappa shape index (κ1) is 56.3. The number of likely N-dealkylation sites (tertiary alicyclic amines) is 1. The summed E-state index contributed by atoms with van der Waals surface area (Å²) in [5.74, 6) is 6.72. The average Bonchev–Trinajstić information content (AvgIpc) is 3.66. The third-order valence-electron chi connectivity index (χ3n) is 16.0. The van der Waals surface area contributed by atoms with Crippen molar-refractivity contribution in [3.8, 4) is 28.8 Å². The number of benzene rings is 2. The summed E-state index contributed by atoms with van der Waals surface area (Å²) < 4.78 is 35.4. The van der Waals surface area contributed by atoms with Crippen molar-refractivity contribution in [2.45, 2.75) is 64.1 Å². The maximum Gasteiger partial charge on any atom is 0.254 e. The van der Waals surface area contributed by atoms with Gasteiger partial charge in [-0.1, -0.05) is 24.5 Å². The monoisotopic (exact) mass is 1110 g/mol. The number of nitrogens with two attached hydrogens (primary N) is 1. The number of piperazine rings is 1. The molecule has 1 unspecified atom stereocenters. The molecule has 0 bridgehead atoms. The maximum absolute atomic E-state index is 15.9. The maximum atomic E-state index is 15.9. The number of aromatic nitrogens is 7. The van der Waals surface area contributed by atoms with Crippen LogP contribution in [0.2, 0.25) is 0 Å². The molecule has 0 radical (unpaired) electrons. The highest BCUT2D eigenvalue weighted by molar-refractivity contribution is 6.04. The first-order valence-corrected chi connectivity index (χ1v) is 27.8. The standard InChI is InChI=1S/C61H67F2N15O4/c1-40(65-3)55(11-7-31-79)72(4)61(82)48-9-5-10-53(49(48)39-80)67-36-43-37-69-77(38-43)46-19-25-76(26-20-46)60(81)44-17-23-74(24-18-44)57-15-12-42(35-68-57)8-6-22-73-27-29-75(30-28-73)58-50(62)33-47(34-51(58)63)78-41(2)70-54-14-13-52(71-59(54)78)45-16-21-66-56(64)32-45/h5,9-10,12-16,21,31-35,37-39,44,46,55,65,67H,1,7,11,17-20,22-30,36H2,2-4H3,(H2,64,66). The van der Waals surface area contributed by atoms with E-state index in [0.717, 1.165) is 67.6 Å². The van der Waals surface area contributed by atoms with E-state index in [1.54, 1.807) is 79.4 Å². The number of piperidine rings is 2. The number of carbonyl (C=O) groups excluding carboxylic acids is 4. The number of nitrogens with zero attached hydrogens (tertiary/aromatic N) is 12. The molecule has 19 nitrogen and oxygen atoms in total. The quantitative estimate of drug-likeness (QED) is 0.0580. The van der Waals surface area contributed by atoms with Crippen LogP contribution in [0.4, 0.5) is 31.8 Å². The third-order valence-corrected chi connectivity index (χ3v) is 16.0. The van der Waals surface area contributed by atoms with Crippen LogP contribution in [0.1, 0.15) is 82.2 Å². The summed E-state index contributed by atoms with van der Waals surface area (Å²) in [5.41, 5.74) is 11.9. The van der Waals surface area contributed by atoms with Gasteiger partial charge in [0.25, 0.3) is 5.91 Å². The number of nitrogens with one attached hydrogen (secondary N) is 2. The topological polar surface area (TPSA) is 209 Å². The number of hydrogen-bond donors (Lipinski definition) is 3. The Kier molecular flexibility index (Phi) is 17.3. The van der Waals surface area contributed by atoms with E-state index in [9.17, 15) is 19.2 Å². The number of pyridine rings is 3. The fourth-order valence-electron chi connectivity index (χ4n) is 11.4. The van der Waals surface area contributed by atoms with Gasteiger partial charge in [0.2, 0.25) is 5.91 Å². The van der Waals surface area contributed by atoms with Gasteiger partial charge in [-0.25, -0.2) is 28.7 Å². The van der Waals surface area contributed by atoms with Crippen molar-refractivity contribution in [2.24, 2.45) is 5.92 Å². The molecule has 10 rings (SSSR count). The summed E-state index contributed by atoms with van der Waals surface area (Å²) in [6, 6.07) is 18.6. The first-order valence-electron chi connectivity index (χ1n) is 27.8. The molecule has 0 saturated carbocycles. The molecule has 4 N–H and O–H groups in total. The number of rotatable bonds is 18. The molecule has 7 aromatic rings. The summed E-state index contributed by atoms with van der Waals surface area (Å²) >= 11 is 0. The lowest BCUT2D eigenvalue weighted by atomic mass is 9.93. The molecule has 424 valence electrons. The predicted molar refractivity (Wildman–Crippen MR) is 311 cm³/mol. The van der Waals surface area contributed by atoms with E-state index in [-0.39, 0.29) is 47.0 Å². The third kappa shape index (κ3) is 12.3. The molecule has 3 saturated heterocycles. The zero-order chi connectivity index (χ0) is 57.4. The number of hydrogen-bond acceptors (Lipinski definition) is 15. The van der Waals surface area contributed by atoms with Crippen molar-refractivity contribution < 1.29 is 28.0 Å². The van der Waals surface area contributed by atoms with E-state index in [1.807, 2.05) is 40.0 Å². The Hall–Kier alpha value is -9.03. The fraction of sp³-hybridized carbons (Fsp3) is 0.361. The summed E-state index contributed by atoms with van der Waals surface area (Å²) in [4.78, 5) is 78.8. The molecule has 8 heterocycles. The highest BCUT2D eigenvalue weighted by Crippen LogP contribution is 2.32. The second-order valence-corrected chi connectivity index (χ2v) is 21.1. The molecule has 0 aliphatic carbocycles. The van der Waals surface area contributed by atoms with E-state index < -0.39 is 17.7 Å². The molecule has 3 aliphatic rings. The van der Waals surface area contributed by atoms with E-state index in [0.29, 0.717) is 111 Å². The van der Waals surface area contributed by atoms with Crippen molar-refractivity contribution in [3.05, 3.63) is 144 Å². The molecular formula is C61H67F2N15O4. The lowest BCUT2D eigenvalue weighted by Gasteiger charge is -2.37. The van der Waals surface area contributed by atoms with Crippen LogP contribution in [0.15, 0.2) is 104 Å². The van der Waals surface area contributed by atoms with Crippen LogP contribution in [-0.2, 0) is 16.1 Å². The fourth-order valence-corrected chi connectivity index (χ4v) is 11.4. The van der Waals surface area contributed by atoms with Gasteiger partial charge in [0, 0.05) is 144 Å². The highest BCUT2D eigenvalue weighted by Gasteiger charge is 2.33. The molecule has 1 atom stereocenters. The molecule has 21 heteroatoms. The molecular weight excluding hydrogens is 1040 g/mol. The summed E-state index contributed by atoms with van der Waals surface area (Å²) in [5, 5.41) is 11.0. The number of fused-ring (bicyclic) bond motifs is 1. The van der Waals surface area contributed by atoms with Gasteiger partial charge in [0.1, 0.15) is 35.0 Å². The molecule has 3 aliphatic heterocycles. The number of aldehydes is 2. The van der Waals surface area contributed by atoms with Crippen LogP contribution in [0.25, 0.3) is 28.1 Å². The minimum Gasteiger partial charge on any atom is -0.390 e. The van der Waals surface area contributed by atoms with Gasteiger partial charge in [-0.05, 0) is 87.6 Å².